The summed E-state index contributed by atoms with van der Waals surface area (Å²) in [6.07, 6.45) is 8.75. The van der Waals surface area contributed by atoms with Crippen molar-refractivity contribution in [2.24, 2.45) is 23.7 Å². The van der Waals surface area contributed by atoms with Crippen LogP contribution < -0.4 is 10.2 Å². The number of hydrogen-bond donors (Lipinski definition) is 2. The first kappa shape index (κ1) is 18.5. The Bertz CT molecular complexity index is 737. The van der Waals surface area contributed by atoms with Crippen LogP contribution in [-0.4, -0.2) is 46.0 Å². The molecule has 28 heavy (non-hydrogen) atoms. The fourth-order valence-corrected chi connectivity index (χ4v) is 6.62. The Kier molecular flexibility index (Phi) is 4.27. The predicted molar refractivity (Wildman–Crippen MR) is 108 cm³/mol. The number of nitrogens with one attached hydrogen (secondary N) is 1. The molecule has 1 unspecified atom stereocenters. The van der Waals surface area contributed by atoms with E-state index in [1.807, 2.05) is 4.68 Å². The van der Waals surface area contributed by atoms with Gasteiger partial charge in [0.05, 0.1) is 17.8 Å². The van der Waals surface area contributed by atoms with Crippen molar-refractivity contribution in [3.8, 4) is 0 Å². The van der Waals surface area contributed by atoms with Crippen LogP contribution in [0.25, 0.3) is 0 Å². The lowest BCUT2D eigenvalue weighted by Gasteiger charge is -2.54. The van der Waals surface area contributed by atoms with E-state index in [0.29, 0.717) is 30.0 Å². The average molecular weight is 387 g/mol. The Balaban J connectivity index is 1.41. The molecule has 1 aromatic rings. The van der Waals surface area contributed by atoms with Gasteiger partial charge in [-0.2, -0.15) is 5.10 Å². The van der Waals surface area contributed by atoms with E-state index in [4.69, 9.17) is 0 Å². The number of aromatic nitrogens is 2. The topological polar surface area (TPSA) is 70.4 Å². The van der Waals surface area contributed by atoms with E-state index in [2.05, 4.69) is 36.1 Å². The maximum atomic E-state index is 13.4. The van der Waals surface area contributed by atoms with E-state index >= 15 is 0 Å². The highest BCUT2D eigenvalue weighted by Gasteiger charge is 2.49. The number of rotatable bonds is 3. The van der Waals surface area contributed by atoms with Gasteiger partial charge in [-0.15, -0.1) is 0 Å². The zero-order chi connectivity index (χ0) is 19.6. The van der Waals surface area contributed by atoms with E-state index in [0.717, 1.165) is 30.6 Å². The van der Waals surface area contributed by atoms with Gasteiger partial charge in [-0.05, 0) is 83.0 Å². The molecule has 1 atom stereocenters. The molecule has 1 aromatic heterocycles. The first-order valence-electron chi connectivity index (χ1n) is 11.1. The van der Waals surface area contributed by atoms with E-state index < -0.39 is 0 Å². The van der Waals surface area contributed by atoms with E-state index in [9.17, 15) is 9.90 Å². The smallest absolute Gasteiger partial charge is 0.256 e. The Morgan fingerprint density at radius 1 is 1.14 bits per heavy atom. The largest absolute Gasteiger partial charge is 0.391 e. The molecule has 1 aliphatic heterocycles. The number of carbonyl (C=O) groups excluding carboxylic acids is 1. The number of β-amino-alcohol motifs (C(OH)–C–C–N with tert-alkyl or cyclic N) is 1. The Morgan fingerprint density at radius 2 is 1.79 bits per heavy atom. The number of aliphatic hydroxyl groups excluding tert-OH is 1. The highest BCUT2D eigenvalue weighted by molar-refractivity contribution is 5.99. The summed E-state index contributed by atoms with van der Waals surface area (Å²) in [5, 5.41) is 18.1. The Hall–Kier alpha value is -1.56. The van der Waals surface area contributed by atoms with Crippen molar-refractivity contribution in [3.63, 3.8) is 0 Å². The van der Waals surface area contributed by atoms with Gasteiger partial charge in [-0.25, -0.2) is 4.68 Å². The second-order valence-electron chi connectivity index (χ2n) is 10.8. The summed E-state index contributed by atoms with van der Waals surface area (Å²) in [7, 11) is 0. The van der Waals surface area contributed by atoms with Gasteiger partial charge in [-0.3, -0.25) is 4.79 Å². The summed E-state index contributed by atoms with van der Waals surface area (Å²) < 4.78 is 1.96. The summed E-state index contributed by atoms with van der Waals surface area (Å²) in [4.78, 5) is 15.5. The summed E-state index contributed by atoms with van der Waals surface area (Å²) in [6, 6.07) is 0.329. The molecule has 2 N–H and O–H groups in total. The molecule has 4 bridgehead atoms. The van der Waals surface area contributed by atoms with Gasteiger partial charge in [-0.1, -0.05) is 0 Å². The quantitative estimate of drug-likeness (QED) is 0.838. The van der Waals surface area contributed by atoms with Crippen LogP contribution in [0.3, 0.4) is 0 Å². The van der Waals surface area contributed by atoms with Crippen LogP contribution in [0.15, 0.2) is 6.20 Å². The van der Waals surface area contributed by atoms with E-state index in [-0.39, 0.29) is 17.6 Å². The van der Waals surface area contributed by atoms with Crippen molar-refractivity contribution in [1.29, 1.82) is 0 Å². The highest BCUT2D eigenvalue weighted by Crippen LogP contribution is 2.53. The molecule has 4 aliphatic carbocycles. The third-order valence-corrected chi connectivity index (χ3v) is 7.61. The molecule has 6 rings (SSSR count). The number of amides is 1. The molecule has 0 spiro atoms. The molecule has 1 amide bonds. The summed E-state index contributed by atoms with van der Waals surface area (Å²) >= 11 is 0. The van der Waals surface area contributed by atoms with Gasteiger partial charge in [0.25, 0.3) is 5.91 Å². The molecule has 6 nitrogen and oxygen atoms in total. The lowest BCUT2D eigenvalue weighted by molar-refractivity contribution is -0.0119. The van der Waals surface area contributed by atoms with Gasteiger partial charge >= 0.3 is 0 Å². The zero-order valence-electron chi connectivity index (χ0n) is 17.4. The van der Waals surface area contributed by atoms with Crippen LogP contribution in [0.1, 0.15) is 69.7 Å². The molecule has 1 saturated heterocycles. The third-order valence-electron chi connectivity index (χ3n) is 7.61. The van der Waals surface area contributed by atoms with Gasteiger partial charge in [0.1, 0.15) is 11.4 Å². The fraction of sp³-hybridized carbons (Fsp3) is 0.818. The molecular formula is C22H34N4O2. The first-order valence-corrected chi connectivity index (χ1v) is 11.1. The van der Waals surface area contributed by atoms with Crippen molar-refractivity contribution >= 4 is 11.7 Å². The standard InChI is InChI=1S/C22H34N4O2/c1-22(2,3)26-21(25-5-4-17(27)12-25)18(11-23-26)20(28)24-19-15-7-13-6-14(9-15)10-16(19)8-13/h11,13-17,19,27H,4-10,12H2,1-3H3,(H,24,28). The van der Waals surface area contributed by atoms with Crippen molar-refractivity contribution in [1.82, 2.24) is 15.1 Å². The molecule has 5 fully saturated rings. The maximum absolute atomic E-state index is 13.4. The summed E-state index contributed by atoms with van der Waals surface area (Å²) in [6.45, 7) is 7.65. The molecule has 2 heterocycles. The van der Waals surface area contributed by atoms with Crippen LogP contribution >= 0.6 is 0 Å². The minimum absolute atomic E-state index is 0.0179. The number of carbonyl (C=O) groups is 1. The fourth-order valence-electron chi connectivity index (χ4n) is 6.62. The minimum atomic E-state index is -0.330. The lowest BCUT2D eigenvalue weighted by Crippen LogP contribution is -2.55. The zero-order valence-corrected chi connectivity index (χ0v) is 17.4. The highest BCUT2D eigenvalue weighted by atomic mass is 16.3. The summed E-state index contributed by atoms with van der Waals surface area (Å²) in [5.74, 6) is 4.02. The van der Waals surface area contributed by atoms with Crippen LogP contribution in [-0.2, 0) is 5.54 Å². The molecule has 154 valence electrons. The molecule has 0 radical (unpaired) electrons. The number of anilines is 1. The second kappa shape index (κ2) is 6.48. The Morgan fingerprint density at radius 3 is 2.32 bits per heavy atom. The molecule has 5 aliphatic rings. The van der Waals surface area contributed by atoms with Crippen LogP contribution in [0.2, 0.25) is 0 Å². The maximum Gasteiger partial charge on any atom is 0.256 e. The van der Waals surface area contributed by atoms with Gasteiger partial charge in [0, 0.05) is 19.1 Å². The normalized spacial score (nSPS) is 36.9. The molecule has 6 heteroatoms. The third kappa shape index (κ3) is 3.04. The lowest BCUT2D eigenvalue weighted by atomic mass is 9.54. The average Bonchev–Trinajstić information content (AvgIpc) is 3.23. The monoisotopic (exact) mass is 386 g/mol. The predicted octanol–water partition coefficient (Wildman–Crippen LogP) is 2.76. The van der Waals surface area contributed by atoms with Gasteiger partial charge < -0.3 is 15.3 Å². The van der Waals surface area contributed by atoms with Gasteiger partial charge in [0.2, 0.25) is 0 Å². The van der Waals surface area contributed by atoms with Crippen LogP contribution in [0.4, 0.5) is 5.82 Å². The molecule has 4 saturated carbocycles. The Labute approximate surface area is 167 Å². The van der Waals surface area contributed by atoms with Gasteiger partial charge in [0.15, 0.2) is 0 Å². The van der Waals surface area contributed by atoms with Crippen molar-refractivity contribution in [3.05, 3.63) is 11.8 Å². The summed E-state index contributed by atoms with van der Waals surface area (Å²) in [5.41, 5.74) is 0.446. The first-order chi connectivity index (χ1) is 13.3. The van der Waals surface area contributed by atoms with Crippen molar-refractivity contribution < 1.29 is 9.90 Å². The number of aliphatic hydroxyl groups is 1. The van der Waals surface area contributed by atoms with Crippen molar-refractivity contribution in [2.75, 3.05) is 18.0 Å². The van der Waals surface area contributed by atoms with E-state index in [1.165, 1.54) is 32.1 Å². The number of hydrogen-bond acceptors (Lipinski definition) is 4. The van der Waals surface area contributed by atoms with Crippen molar-refractivity contribution in [2.45, 2.75) is 77.0 Å². The van der Waals surface area contributed by atoms with E-state index in [1.54, 1.807) is 6.20 Å². The minimum Gasteiger partial charge on any atom is -0.391 e. The number of nitrogens with zero attached hydrogens (tertiary/aromatic N) is 3. The van der Waals surface area contributed by atoms with Crippen LogP contribution in [0.5, 0.6) is 0 Å². The molecule has 0 aromatic carbocycles. The second-order valence-corrected chi connectivity index (χ2v) is 10.8. The SMILES string of the molecule is CC(C)(C)n1ncc(C(=O)NC2C3CC4CC(C3)CC2C4)c1N1CCC(O)C1. The molecular weight excluding hydrogens is 352 g/mol. The van der Waals surface area contributed by atoms with Crippen LogP contribution in [0, 0.1) is 23.7 Å².